The maximum absolute atomic E-state index is 11.0. The summed E-state index contributed by atoms with van der Waals surface area (Å²) in [6.45, 7) is 3.98. The topological polar surface area (TPSA) is 29.1 Å². The van der Waals surface area contributed by atoms with Crippen LogP contribution in [0.25, 0.3) is 10.1 Å². The number of benzene rings is 1. The van der Waals surface area contributed by atoms with Gasteiger partial charge in [-0.2, -0.15) is 0 Å². The molecule has 1 amide bonds. The van der Waals surface area contributed by atoms with Gasteiger partial charge in [0.05, 0.1) is 0 Å². The van der Waals surface area contributed by atoms with Crippen molar-refractivity contribution in [3.8, 4) is 0 Å². The molecule has 3 heteroatoms. The van der Waals surface area contributed by atoms with Gasteiger partial charge in [-0.05, 0) is 28.5 Å². The summed E-state index contributed by atoms with van der Waals surface area (Å²) < 4.78 is 1.25. The highest BCUT2D eigenvalue weighted by atomic mass is 32.1. The van der Waals surface area contributed by atoms with Crippen molar-refractivity contribution >= 4 is 27.3 Å². The summed E-state index contributed by atoms with van der Waals surface area (Å²) in [5.74, 6) is -0.134. The Morgan fingerprint density at radius 1 is 1.47 bits per heavy atom. The zero-order valence-corrected chi connectivity index (χ0v) is 9.01. The second-order valence-electron chi connectivity index (χ2n) is 3.18. The highest BCUT2D eigenvalue weighted by Gasteiger charge is 2.03. The highest BCUT2D eigenvalue weighted by molar-refractivity contribution is 7.17. The van der Waals surface area contributed by atoms with Crippen molar-refractivity contribution in [1.29, 1.82) is 0 Å². The summed E-state index contributed by atoms with van der Waals surface area (Å²) in [5.41, 5.74) is 1.16. The Bertz CT molecular complexity index is 501. The molecule has 0 unspecified atom stereocenters. The van der Waals surface area contributed by atoms with E-state index in [1.807, 2.05) is 12.1 Å². The summed E-state index contributed by atoms with van der Waals surface area (Å²) in [5, 5.41) is 6.07. The Kier molecular flexibility index (Phi) is 2.83. The van der Waals surface area contributed by atoms with Gasteiger partial charge < -0.3 is 5.32 Å². The van der Waals surface area contributed by atoms with Gasteiger partial charge in [0, 0.05) is 11.2 Å². The summed E-state index contributed by atoms with van der Waals surface area (Å²) >= 11 is 1.70. The Balaban J connectivity index is 2.21. The Hall–Kier alpha value is -1.61. The van der Waals surface area contributed by atoms with Crippen molar-refractivity contribution in [1.82, 2.24) is 5.32 Å². The molecule has 0 bridgehead atoms. The van der Waals surface area contributed by atoms with Crippen molar-refractivity contribution < 1.29 is 4.79 Å². The number of amides is 1. The van der Waals surface area contributed by atoms with Crippen molar-refractivity contribution in [3.63, 3.8) is 0 Å². The lowest BCUT2D eigenvalue weighted by atomic mass is 10.2. The molecule has 76 valence electrons. The number of carbonyl (C=O) groups is 1. The van der Waals surface area contributed by atoms with E-state index in [1.165, 1.54) is 16.2 Å². The molecular weight excluding hydrogens is 206 g/mol. The van der Waals surface area contributed by atoms with Crippen LogP contribution < -0.4 is 5.32 Å². The van der Waals surface area contributed by atoms with Gasteiger partial charge >= 0.3 is 0 Å². The van der Waals surface area contributed by atoms with Crippen LogP contribution in [0, 0.1) is 0 Å². The van der Waals surface area contributed by atoms with E-state index in [-0.39, 0.29) is 5.91 Å². The van der Waals surface area contributed by atoms with E-state index in [0.717, 1.165) is 5.56 Å². The zero-order valence-electron chi connectivity index (χ0n) is 8.19. The molecule has 0 aliphatic carbocycles. The van der Waals surface area contributed by atoms with E-state index in [2.05, 4.69) is 29.4 Å². The molecule has 1 aromatic carbocycles. The second-order valence-corrected chi connectivity index (χ2v) is 4.09. The van der Waals surface area contributed by atoms with Gasteiger partial charge in [0.25, 0.3) is 0 Å². The molecule has 0 spiro atoms. The van der Waals surface area contributed by atoms with E-state index in [9.17, 15) is 4.79 Å². The van der Waals surface area contributed by atoms with Crippen molar-refractivity contribution in [2.45, 2.75) is 6.54 Å². The molecule has 0 atom stereocenters. The first-order chi connectivity index (χ1) is 7.31. The molecule has 0 saturated carbocycles. The lowest BCUT2D eigenvalue weighted by Crippen LogP contribution is -2.19. The molecule has 1 heterocycles. The number of nitrogens with one attached hydrogen (secondary N) is 1. The van der Waals surface area contributed by atoms with Gasteiger partial charge in [0.15, 0.2) is 0 Å². The van der Waals surface area contributed by atoms with Gasteiger partial charge in [0.2, 0.25) is 5.91 Å². The van der Waals surface area contributed by atoms with E-state index in [0.29, 0.717) is 6.54 Å². The molecule has 15 heavy (non-hydrogen) atoms. The summed E-state index contributed by atoms with van der Waals surface area (Å²) in [6.07, 6.45) is 1.29. The van der Waals surface area contributed by atoms with E-state index in [1.54, 1.807) is 11.3 Å². The van der Waals surface area contributed by atoms with Crippen LogP contribution in [0.2, 0.25) is 0 Å². The van der Waals surface area contributed by atoms with Crippen LogP contribution in [0.3, 0.4) is 0 Å². The number of fused-ring (bicyclic) bond motifs is 1. The second kappa shape index (κ2) is 4.28. The van der Waals surface area contributed by atoms with Gasteiger partial charge in [-0.15, -0.1) is 11.3 Å². The monoisotopic (exact) mass is 217 g/mol. The van der Waals surface area contributed by atoms with Crippen LogP contribution in [0.4, 0.5) is 0 Å². The number of thiophene rings is 1. The Labute approximate surface area is 92.2 Å². The maximum atomic E-state index is 11.0. The highest BCUT2D eigenvalue weighted by Crippen LogP contribution is 2.25. The van der Waals surface area contributed by atoms with Gasteiger partial charge in [-0.1, -0.05) is 24.8 Å². The molecule has 2 aromatic rings. The van der Waals surface area contributed by atoms with E-state index in [4.69, 9.17) is 0 Å². The number of hydrogen-bond acceptors (Lipinski definition) is 2. The molecule has 0 aliphatic heterocycles. The lowest BCUT2D eigenvalue weighted by Gasteiger charge is -2.00. The zero-order chi connectivity index (χ0) is 10.7. The largest absolute Gasteiger partial charge is 0.348 e. The normalized spacial score (nSPS) is 10.1. The molecule has 0 fully saturated rings. The van der Waals surface area contributed by atoms with Crippen LogP contribution in [0.5, 0.6) is 0 Å². The van der Waals surface area contributed by atoms with Crippen LogP contribution in [0.15, 0.2) is 42.3 Å². The molecule has 1 aromatic heterocycles. The molecule has 0 saturated heterocycles. The average molecular weight is 217 g/mol. The van der Waals surface area contributed by atoms with Crippen molar-refractivity contribution in [2.24, 2.45) is 0 Å². The lowest BCUT2D eigenvalue weighted by molar-refractivity contribution is -0.116. The molecule has 2 rings (SSSR count). The summed E-state index contributed by atoms with van der Waals surface area (Å²) in [6, 6.07) is 8.18. The van der Waals surface area contributed by atoms with Crippen molar-refractivity contribution in [3.05, 3.63) is 47.9 Å². The first kappa shape index (κ1) is 9.93. The van der Waals surface area contributed by atoms with Crippen LogP contribution in [-0.4, -0.2) is 5.91 Å². The molecule has 1 N–H and O–H groups in total. The predicted octanol–water partition coefficient (Wildman–Crippen LogP) is 2.70. The Morgan fingerprint density at radius 3 is 3.07 bits per heavy atom. The van der Waals surface area contributed by atoms with Crippen molar-refractivity contribution in [2.75, 3.05) is 0 Å². The molecule has 2 nitrogen and oxygen atoms in total. The van der Waals surface area contributed by atoms with Crippen LogP contribution >= 0.6 is 11.3 Å². The maximum Gasteiger partial charge on any atom is 0.243 e. The third-order valence-electron chi connectivity index (χ3n) is 2.20. The first-order valence-corrected chi connectivity index (χ1v) is 5.54. The average Bonchev–Trinajstić information content (AvgIpc) is 2.69. The van der Waals surface area contributed by atoms with Gasteiger partial charge in [-0.25, -0.2) is 0 Å². The fraction of sp³-hybridized carbons (Fsp3) is 0.0833. The minimum atomic E-state index is -0.134. The molecule has 0 aliphatic rings. The van der Waals surface area contributed by atoms with E-state index >= 15 is 0 Å². The minimum Gasteiger partial charge on any atom is -0.348 e. The predicted molar refractivity (Wildman–Crippen MR) is 63.9 cm³/mol. The number of hydrogen-bond donors (Lipinski definition) is 1. The Morgan fingerprint density at radius 2 is 2.27 bits per heavy atom. The quantitative estimate of drug-likeness (QED) is 0.787. The first-order valence-electron chi connectivity index (χ1n) is 4.66. The fourth-order valence-electron chi connectivity index (χ4n) is 1.42. The molecule has 0 radical (unpaired) electrons. The SMILES string of the molecule is C=CC(=O)NCc1csc2ccccc12. The standard InChI is InChI=1S/C12H11NOS/c1-2-12(14)13-7-9-8-15-11-6-4-3-5-10(9)11/h2-6,8H,1,7H2,(H,13,14). The summed E-state index contributed by atoms with van der Waals surface area (Å²) in [4.78, 5) is 11.0. The van der Waals surface area contributed by atoms with Crippen LogP contribution in [-0.2, 0) is 11.3 Å². The van der Waals surface area contributed by atoms with Crippen LogP contribution in [0.1, 0.15) is 5.56 Å². The third-order valence-corrected chi connectivity index (χ3v) is 3.21. The smallest absolute Gasteiger partial charge is 0.243 e. The third kappa shape index (κ3) is 2.07. The summed E-state index contributed by atoms with van der Waals surface area (Å²) in [7, 11) is 0. The minimum absolute atomic E-state index is 0.134. The molecular formula is C12H11NOS. The van der Waals surface area contributed by atoms with Gasteiger partial charge in [0.1, 0.15) is 0 Å². The van der Waals surface area contributed by atoms with Gasteiger partial charge in [-0.3, -0.25) is 4.79 Å². The number of carbonyl (C=O) groups excluding carboxylic acids is 1. The van der Waals surface area contributed by atoms with E-state index < -0.39 is 0 Å². The fourth-order valence-corrected chi connectivity index (χ4v) is 2.39. The number of rotatable bonds is 3.